The van der Waals surface area contributed by atoms with Gasteiger partial charge in [-0.2, -0.15) is 0 Å². The second-order valence-electron chi connectivity index (χ2n) is 3.76. The molecular formula is C8H7ClN4O3S. The lowest BCUT2D eigenvalue weighted by atomic mass is 10.3. The van der Waals surface area contributed by atoms with Gasteiger partial charge in [0.2, 0.25) is 0 Å². The summed E-state index contributed by atoms with van der Waals surface area (Å²) >= 11 is 0. The van der Waals surface area contributed by atoms with Crippen molar-refractivity contribution in [1.29, 1.82) is 0 Å². The maximum absolute atomic E-state index is 11.4. The van der Waals surface area contributed by atoms with Gasteiger partial charge in [-0.05, 0) is 12.8 Å². The van der Waals surface area contributed by atoms with Crippen molar-refractivity contribution in [3.05, 3.63) is 12.5 Å². The molecule has 0 aromatic carbocycles. The van der Waals surface area contributed by atoms with Crippen molar-refractivity contribution < 1.29 is 12.9 Å². The van der Waals surface area contributed by atoms with E-state index >= 15 is 0 Å². The molecule has 1 aliphatic rings. The van der Waals surface area contributed by atoms with Crippen LogP contribution in [0.5, 0.6) is 0 Å². The van der Waals surface area contributed by atoms with E-state index in [0.717, 1.165) is 12.8 Å². The maximum atomic E-state index is 11.4. The summed E-state index contributed by atoms with van der Waals surface area (Å²) in [5.74, 6) is 0.410. The Hall–Kier alpha value is -1.41. The zero-order valence-electron chi connectivity index (χ0n) is 8.45. The Morgan fingerprint density at radius 1 is 1.41 bits per heavy atom. The molecule has 0 N–H and O–H groups in total. The van der Waals surface area contributed by atoms with Crippen LogP contribution in [0, 0.1) is 0 Å². The van der Waals surface area contributed by atoms with Crippen LogP contribution in [-0.4, -0.2) is 28.3 Å². The van der Waals surface area contributed by atoms with Crippen molar-refractivity contribution in [3.8, 4) is 11.4 Å². The number of hydrogen-bond acceptors (Lipinski definition) is 6. The molecular weight excluding hydrogens is 268 g/mol. The molecule has 2 heterocycles. The standard InChI is InChI=1S/C8H7ClN4O3S/c9-17(14,15)8-12-11-7(5-3-10-16-4-5)13(8)6-1-2-6/h3-4,6H,1-2H2. The first kappa shape index (κ1) is 10.7. The van der Waals surface area contributed by atoms with Gasteiger partial charge < -0.3 is 4.52 Å². The summed E-state index contributed by atoms with van der Waals surface area (Å²) in [6.45, 7) is 0. The lowest BCUT2D eigenvalue weighted by Gasteiger charge is -2.04. The summed E-state index contributed by atoms with van der Waals surface area (Å²) in [6, 6.07) is 0.0819. The predicted molar refractivity (Wildman–Crippen MR) is 56.8 cm³/mol. The van der Waals surface area contributed by atoms with Gasteiger partial charge in [0.15, 0.2) is 5.82 Å². The molecule has 2 aromatic rings. The van der Waals surface area contributed by atoms with E-state index in [0.29, 0.717) is 11.4 Å². The molecule has 0 saturated heterocycles. The Morgan fingerprint density at radius 3 is 2.71 bits per heavy atom. The van der Waals surface area contributed by atoms with Crippen molar-refractivity contribution in [3.63, 3.8) is 0 Å². The van der Waals surface area contributed by atoms with Gasteiger partial charge in [0, 0.05) is 16.7 Å². The largest absolute Gasteiger partial charge is 0.364 e. The van der Waals surface area contributed by atoms with E-state index in [1.807, 2.05) is 0 Å². The van der Waals surface area contributed by atoms with Gasteiger partial charge in [-0.3, -0.25) is 4.57 Å². The predicted octanol–water partition coefficient (Wildman–Crippen LogP) is 1.20. The normalized spacial score (nSPS) is 16.3. The Kier molecular flexibility index (Phi) is 2.23. The number of hydrogen-bond donors (Lipinski definition) is 0. The highest BCUT2D eigenvalue weighted by Gasteiger charge is 2.34. The van der Waals surface area contributed by atoms with Crippen molar-refractivity contribution in [2.45, 2.75) is 24.0 Å². The van der Waals surface area contributed by atoms with Crippen molar-refractivity contribution in [2.75, 3.05) is 0 Å². The SMILES string of the molecule is O=S(=O)(Cl)c1nnc(-c2cnoc2)n1C1CC1. The molecule has 7 nitrogen and oxygen atoms in total. The number of nitrogens with zero attached hydrogens (tertiary/aromatic N) is 4. The molecule has 0 amide bonds. The first-order valence-corrected chi connectivity index (χ1v) is 7.17. The van der Waals surface area contributed by atoms with Gasteiger partial charge in [-0.25, -0.2) is 8.42 Å². The molecule has 9 heteroatoms. The molecule has 0 aliphatic heterocycles. The monoisotopic (exact) mass is 274 g/mol. The molecule has 2 aromatic heterocycles. The minimum Gasteiger partial charge on any atom is -0.364 e. The van der Waals surface area contributed by atoms with Crippen LogP contribution in [-0.2, 0) is 9.05 Å². The van der Waals surface area contributed by atoms with E-state index in [1.54, 1.807) is 0 Å². The molecule has 17 heavy (non-hydrogen) atoms. The molecule has 0 unspecified atom stereocenters. The zero-order valence-corrected chi connectivity index (χ0v) is 10.0. The van der Waals surface area contributed by atoms with Gasteiger partial charge >= 0.3 is 0 Å². The highest BCUT2D eigenvalue weighted by Crippen LogP contribution is 2.40. The second kappa shape index (κ2) is 3.54. The van der Waals surface area contributed by atoms with Gasteiger partial charge in [-0.15, -0.1) is 10.2 Å². The van der Waals surface area contributed by atoms with Crippen molar-refractivity contribution in [2.24, 2.45) is 0 Å². The molecule has 1 aliphatic carbocycles. The fourth-order valence-corrected chi connectivity index (χ4v) is 2.54. The van der Waals surface area contributed by atoms with E-state index < -0.39 is 9.05 Å². The van der Waals surface area contributed by atoms with E-state index in [2.05, 4.69) is 15.4 Å². The quantitative estimate of drug-likeness (QED) is 0.781. The first-order chi connectivity index (χ1) is 8.07. The highest BCUT2D eigenvalue weighted by molar-refractivity contribution is 8.13. The van der Waals surface area contributed by atoms with Crippen LogP contribution in [0.3, 0.4) is 0 Å². The Morgan fingerprint density at radius 2 is 2.18 bits per heavy atom. The first-order valence-electron chi connectivity index (χ1n) is 4.86. The van der Waals surface area contributed by atoms with Crippen molar-refractivity contribution >= 4 is 19.7 Å². The number of halogens is 1. The average molecular weight is 275 g/mol. The van der Waals surface area contributed by atoms with E-state index in [1.165, 1.54) is 17.0 Å². The Balaban J connectivity index is 2.21. The summed E-state index contributed by atoms with van der Waals surface area (Å²) in [6.07, 6.45) is 4.60. The maximum Gasteiger partial charge on any atom is 0.296 e. The zero-order chi connectivity index (χ0) is 12.0. The third kappa shape index (κ3) is 1.83. The molecule has 3 rings (SSSR count). The fourth-order valence-electron chi connectivity index (χ4n) is 1.62. The molecule has 0 atom stereocenters. The van der Waals surface area contributed by atoms with Gasteiger partial charge in [0.05, 0.1) is 11.8 Å². The molecule has 1 saturated carbocycles. The third-order valence-electron chi connectivity index (χ3n) is 2.49. The molecule has 1 fully saturated rings. The van der Waals surface area contributed by atoms with Crippen LogP contribution < -0.4 is 0 Å². The van der Waals surface area contributed by atoms with Gasteiger partial charge in [-0.1, -0.05) is 5.16 Å². The summed E-state index contributed by atoms with van der Waals surface area (Å²) < 4.78 is 29.0. The van der Waals surface area contributed by atoms with E-state index in [9.17, 15) is 8.42 Å². The lowest BCUT2D eigenvalue weighted by Crippen LogP contribution is -2.05. The van der Waals surface area contributed by atoms with Crippen LogP contribution in [0.15, 0.2) is 22.1 Å². The molecule has 90 valence electrons. The Labute approximate surface area is 101 Å². The van der Waals surface area contributed by atoms with Crippen LogP contribution in [0.2, 0.25) is 0 Å². The highest BCUT2D eigenvalue weighted by atomic mass is 35.7. The minimum atomic E-state index is -3.90. The fraction of sp³-hybridized carbons (Fsp3) is 0.375. The van der Waals surface area contributed by atoms with Crippen molar-refractivity contribution in [1.82, 2.24) is 19.9 Å². The molecule has 0 bridgehead atoms. The van der Waals surface area contributed by atoms with Gasteiger partial charge in [0.25, 0.3) is 14.2 Å². The average Bonchev–Trinajstić information content (AvgIpc) is 2.81. The number of aromatic nitrogens is 4. The molecule has 0 radical (unpaired) electrons. The second-order valence-corrected chi connectivity index (χ2v) is 6.22. The topological polar surface area (TPSA) is 90.9 Å². The summed E-state index contributed by atoms with van der Waals surface area (Å²) in [5.41, 5.74) is 0.580. The van der Waals surface area contributed by atoms with Crippen LogP contribution >= 0.6 is 10.7 Å². The summed E-state index contributed by atoms with van der Waals surface area (Å²) in [5, 5.41) is 10.8. The minimum absolute atomic E-state index is 0.0819. The summed E-state index contributed by atoms with van der Waals surface area (Å²) in [4.78, 5) is 0. The summed E-state index contributed by atoms with van der Waals surface area (Å²) in [7, 11) is 1.42. The van der Waals surface area contributed by atoms with Crippen LogP contribution in [0.1, 0.15) is 18.9 Å². The lowest BCUT2D eigenvalue weighted by molar-refractivity contribution is 0.420. The Bertz CT molecular complexity index is 644. The van der Waals surface area contributed by atoms with Crippen LogP contribution in [0.25, 0.3) is 11.4 Å². The van der Waals surface area contributed by atoms with E-state index in [-0.39, 0.29) is 11.2 Å². The van der Waals surface area contributed by atoms with Gasteiger partial charge in [0.1, 0.15) is 6.26 Å². The third-order valence-corrected chi connectivity index (χ3v) is 3.61. The number of rotatable bonds is 3. The van der Waals surface area contributed by atoms with E-state index in [4.69, 9.17) is 15.2 Å². The van der Waals surface area contributed by atoms with Crippen LogP contribution in [0.4, 0.5) is 0 Å². The molecule has 0 spiro atoms. The smallest absolute Gasteiger partial charge is 0.296 e.